The van der Waals surface area contributed by atoms with Crippen molar-refractivity contribution in [3.8, 4) is 5.75 Å². The number of carbonyl (C=O) groups excluding carboxylic acids is 1. The fraction of sp³-hybridized carbons (Fsp3) is 0.562. The fourth-order valence-electron chi connectivity index (χ4n) is 2.20. The molecule has 1 heterocycles. The van der Waals surface area contributed by atoms with E-state index in [0.717, 1.165) is 3.57 Å². The number of rotatable bonds is 2. The van der Waals surface area contributed by atoms with Gasteiger partial charge >= 0.3 is 6.09 Å². The number of ether oxygens (including phenoxy) is 2. The monoisotopic (exact) mass is 421 g/mol. The van der Waals surface area contributed by atoms with Gasteiger partial charge in [-0.1, -0.05) is 0 Å². The van der Waals surface area contributed by atoms with Crippen molar-refractivity contribution in [3.05, 3.63) is 27.8 Å². The van der Waals surface area contributed by atoms with Crippen molar-refractivity contribution in [2.75, 3.05) is 13.1 Å². The summed E-state index contributed by atoms with van der Waals surface area (Å²) in [6, 6.07) is 7.49. The SMILES string of the molecule is CC(C)(C)OC(=O)N1CC[C@H](Oc2ccc(I)cc2)[C@H](F)C1. The summed E-state index contributed by atoms with van der Waals surface area (Å²) in [5.74, 6) is 0.652. The topological polar surface area (TPSA) is 38.8 Å². The molecular formula is C16H21FINO3. The van der Waals surface area contributed by atoms with Crippen LogP contribution in [0, 0.1) is 3.57 Å². The highest BCUT2D eigenvalue weighted by atomic mass is 127. The van der Waals surface area contributed by atoms with Gasteiger partial charge in [-0.05, 0) is 67.6 Å². The lowest BCUT2D eigenvalue weighted by Crippen LogP contribution is -2.50. The molecule has 1 aliphatic heterocycles. The van der Waals surface area contributed by atoms with Crippen molar-refractivity contribution in [3.63, 3.8) is 0 Å². The van der Waals surface area contributed by atoms with Gasteiger partial charge in [0.05, 0.1) is 6.54 Å². The molecule has 0 aromatic heterocycles. The summed E-state index contributed by atoms with van der Waals surface area (Å²) >= 11 is 2.20. The van der Waals surface area contributed by atoms with Gasteiger partial charge in [-0.25, -0.2) is 9.18 Å². The molecule has 0 saturated carbocycles. The van der Waals surface area contributed by atoms with E-state index in [0.29, 0.717) is 18.7 Å². The molecule has 122 valence electrons. The minimum absolute atomic E-state index is 0.00392. The van der Waals surface area contributed by atoms with Gasteiger partial charge in [0.2, 0.25) is 0 Å². The van der Waals surface area contributed by atoms with Crippen LogP contribution in [0.25, 0.3) is 0 Å². The molecule has 1 aromatic rings. The molecule has 0 aliphatic carbocycles. The molecule has 0 unspecified atom stereocenters. The number of likely N-dealkylation sites (tertiary alicyclic amines) is 1. The number of carbonyl (C=O) groups is 1. The number of nitrogens with zero attached hydrogens (tertiary/aromatic N) is 1. The highest BCUT2D eigenvalue weighted by molar-refractivity contribution is 14.1. The minimum atomic E-state index is -1.22. The second kappa shape index (κ2) is 7.02. The number of amides is 1. The normalized spacial score (nSPS) is 22.3. The molecule has 2 rings (SSSR count). The smallest absolute Gasteiger partial charge is 0.410 e. The summed E-state index contributed by atoms with van der Waals surface area (Å²) in [6.45, 7) is 5.83. The van der Waals surface area contributed by atoms with E-state index < -0.39 is 24.0 Å². The number of benzene rings is 1. The summed E-state index contributed by atoms with van der Waals surface area (Å²) in [5, 5.41) is 0. The van der Waals surface area contributed by atoms with E-state index in [9.17, 15) is 9.18 Å². The fourth-order valence-corrected chi connectivity index (χ4v) is 2.56. The summed E-state index contributed by atoms with van der Waals surface area (Å²) in [6.07, 6.45) is -1.77. The Hall–Kier alpha value is -1.05. The van der Waals surface area contributed by atoms with E-state index in [1.165, 1.54) is 4.90 Å². The summed E-state index contributed by atoms with van der Waals surface area (Å²) in [5.41, 5.74) is -0.572. The van der Waals surface area contributed by atoms with Crippen LogP contribution in [0.5, 0.6) is 5.75 Å². The van der Waals surface area contributed by atoms with Crippen molar-refractivity contribution < 1.29 is 18.7 Å². The molecule has 1 fully saturated rings. The predicted octanol–water partition coefficient (Wildman–Crippen LogP) is 4.02. The Morgan fingerprint density at radius 3 is 2.50 bits per heavy atom. The zero-order chi connectivity index (χ0) is 16.3. The molecule has 1 saturated heterocycles. The molecule has 1 aromatic carbocycles. The van der Waals surface area contributed by atoms with Gasteiger partial charge in [-0.2, -0.15) is 0 Å². The lowest BCUT2D eigenvalue weighted by molar-refractivity contribution is -0.0105. The third-order valence-electron chi connectivity index (χ3n) is 3.23. The Kier molecular flexibility index (Phi) is 5.52. The van der Waals surface area contributed by atoms with Crippen molar-refractivity contribution in [1.82, 2.24) is 4.90 Å². The van der Waals surface area contributed by atoms with Gasteiger partial charge in [-0.3, -0.25) is 0 Å². The van der Waals surface area contributed by atoms with Crippen LogP contribution in [0.15, 0.2) is 24.3 Å². The first-order chi connectivity index (χ1) is 10.2. The van der Waals surface area contributed by atoms with Gasteiger partial charge in [0.25, 0.3) is 0 Å². The first-order valence-corrected chi connectivity index (χ1v) is 8.37. The highest BCUT2D eigenvalue weighted by Crippen LogP contribution is 2.23. The quantitative estimate of drug-likeness (QED) is 0.678. The molecule has 0 N–H and O–H groups in total. The third-order valence-corrected chi connectivity index (χ3v) is 3.95. The van der Waals surface area contributed by atoms with E-state index in [4.69, 9.17) is 9.47 Å². The zero-order valence-electron chi connectivity index (χ0n) is 13.0. The van der Waals surface area contributed by atoms with Gasteiger partial charge in [-0.15, -0.1) is 0 Å². The molecule has 1 aliphatic rings. The summed E-state index contributed by atoms with van der Waals surface area (Å²) in [4.78, 5) is 13.4. The molecule has 4 nitrogen and oxygen atoms in total. The maximum atomic E-state index is 14.3. The molecular weight excluding hydrogens is 400 g/mol. The molecule has 2 atom stereocenters. The molecule has 22 heavy (non-hydrogen) atoms. The zero-order valence-corrected chi connectivity index (χ0v) is 15.2. The van der Waals surface area contributed by atoms with Crippen LogP contribution >= 0.6 is 22.6 Å². The molecule has 6 heteroatoms. The van der Waals surface area contributed by atoms with Crippen LogP contribution in [-0.2, 0) is 4.74 Å². The Balaban J connectivity index is 1.90. The van der Waals surface area contributed by atoms with E-state index in [1.807, 2.05) is 24.3 Å². The first-order valence-electron chi connectivity index (χ1n) is 7.29. The van der Waals surface area contributed by atoms with Crippen molar-refractivity contribution in [2.24, 2.45) is 0 Å². The minimum Gasteiger partial charge on any atom is -0.487 e. The first kappa shape index (κ1) is 17.3. The second-order valence-corrected chi connectivity index (χ2v) is 7.59. The molecule has 0 bridgehead atoms. The van der Waals surface area contributed by atoms with Crippen LogP contribution in [-0.4, -0.2) is 42.0 Å². The average molecular weight is 421 g/mol. The van der Waals surface area contributed by atoms with Gasteiger partial charge < -0.3 is 14.4 Å². The van der Waals surface area contributed by atoms with Crippen LogP contribution in [0.2, 0.25) is 0 Å². The maximum Gasteiger partial charge on any atom is 0.410 e. The molecule has 0 spiro atoms. The van der Waals surface area contributed by atoms with E-state index in [-0.39, 0.29) is 6.54 Å². The van der Waals surface area contributed by atoms with Gasteiger partial charge in [0, 0.05) is 16.5 Å². The Labute approximate surface area is 144 Å². The lowest BCUT2D eigenvalue weighted by Gasteiger charge is -2.35. The van der Waals surface area contributed by atoms with Gasteiger partial charge in [0.15, 0.2) is 6.17 Å². The number of piperidine rings is 1. The van der Waals surface area contributed by atoms with Crippen molar-refractivity contribution >= 4 is 28.7 Å². The third kappa shape index (κ3) is 5.00. The largest absolute Gasteiger partial charge is 0.487 e. The predicted molar refractivity (Wildman–Crippen MR) is 90.9 cm³/mol. The molecule has 0 radical (unpaired) electrons. The molecule has 1 amide bonds. The van der Waals surface area contributed by atoms with Crippen LogP contribution < -0.4 is 4.74 Å². The average Bonchev–Trinajstić information content (AvgIpc) is 2.41. The van der Waals surface area contributed by atoms with Crippen LogP contribution in [0.1, 0.15) is 27.2 Å². The Morgan fingerprint density at radius 2 is 1.95 bits per heavy atom. The Morgan fingerprint density at radius 1 is 1.32 bits per heavy atom. The second-order valence-electron chi connectivity index (χ2n) is 6.34. The number of halogens is 2. The standard InChI is InChI=1S/C16H21FINO3/c1-16(2,3)22-15(20)19-9-8-14(13(17)10-19)21-12-6-4-11(18)5-7-12/h4-7,13-14H,8-10H2,1-3H3/t13-,14+/m1/s1. The Bertz CT molecular complexity index is 515. The van der Waals surface area contributed by atoms with Crippen LogP contribution in [0.3, 0.4) is 0 Å². The number of hydrogen-bond acceptors (Lipinski definition) is 3. The lowest BCUT2D eigenvalue weighted by atomic mass is 10.1. The summed E-state index contributed by atoms with van der Waals surface area (Å²) < 4.78 is 26.3. The maximum absolute atomic E-state index is 14.3. The van der Waals surface area contributed by atoms with Crippen molar-refractivity contribution in [1.29, 1.82) is 0 Å². The van der Waals surface area contributed by atoms with E-state index >= 15 is 0 Å². The number of hydrogen-bond donors (Lipinski definition) is 0. The van der Waals surface area contributed by atoms with Gasteiger partial charge in [0.1, 0.15) is 17.5 Å². The highest BCUT2D eigenvalue weighted by Gasteiger charge is 2.34. The van der Waals surface area contributed by atoms with Crippen LogP contribution in [0.4, 0.5) is 9.18 Å². The van der Waals surface area contributed by atoms with Crippen molar-refractivity contribution in [2.45, 2.75) is 45.1 Å². The summed E-state index contributed by atoms with van der Waals surface area (Å²) in [7, 11) is 0. The number of alkyl halides is 1. The van der Waals surface area contributed by atoms with E-state index in [1.54, 1.807) is 20.8 Å². The van der Waals surface area contributed by atoms with E-state index in [2.05, 4.69) is 22.6 Å².